The summed E-state index contributed by atoms with van der Waals surface area (Å²) in [6.07, 6.45) is 0. The van der Waals surface area contributed by atoms with Crippen LogP contribution in [-0.2, 0) is 24.8 Å². The van der Waals surface area contributed by atoms with Crippen LogP contribution in [0.25, 0.3) is 0 Å². The summed E-state index contributed by atoms with van der Waals surface area (Å²) in [6, 6.07) is 8.69. The monoisotopic (exact) mass is 428 g/mol. The molecule has 0 bridgehead atoms. The van der Waals surface area contributed by atoms with Crippen LogP contribution in [0.4, 0.5) is 15.8 Å². The first-order valence-electron chi connectivity index (χ1n) is 8.09. The van der Waals surface area contributed by atoms with E-state index < -0.39 is 42.6 Å². The van der Waals surface area contributed by atoms with Gasteiger partial charge in [0.2, 0.25) is 15.9 Å². The van der Waals surface area contributed by atoms with Crippen molar-refractivity contribution >= 4 is 37.3 Å². The maximum atomic E-state index is 13.8. The first kappa shape index (κ1) is 20.1. The van der Waals surface area contributed by atoms with Crippen LogP contribution in [-0.4, -0.2) is 35.6 Å². The number of hydrogen-bond acceptors (Lipinski definition) is 6. The van der Waals surface area contributed by atoms with Gasteiger partial charge in [-0.15, -0.1) is 0 Å². The van der Waals surface area contributed by atoms with Gasteiger partial charge in [0, 0.05) is 0 Å². The van der Waals surface area contributed by atoms with Crippen molar-refractivity contribution in [1.29, 1.82) is 0 Å². The highest BCUT2D eigenvalue weighted by Gasteiger charge is 2.42. The molecule has 0 spiro atoms. The molecule has 1 atom stereocenters. The number of para-hydroxylation sites is 1. The lowest BCUT2D eigenvalue weighted by atomic mass is 10.2. The maximum absolute atomic E-state index is 13.8. The standard InChI is InChI=1S/C17H17FN2O6S2/c1-11-10-27(22,23)20(17(11)21)12-7-8-15(26-2)16(9-12)28(24,25)19-14-6-4-3-5-13(14)18/h3-9,11,19H,10H2,1-2H3. The molecule has 0 radical (unpaired) electrons. The minimum Gasteiger partial charge on any atom is -0.495 e. The van der Waals surface area contributed by atoms with Gasteiger partial charge in [-0.25, -0.2) is 25.5 Å². The molecule has 8 nitrogen and oxygen atoms in total. The molecule has 150 valence electrons. The molecule has 28 heavy (non-hydrogen) atoms. The number of benzene rings is 2. The minimum atomic E-state index is -4.35. The Morgan fingerprint density at radius 1 is 1.21 bits per heavy atom. The van der Waals surface area contributed by atoms with Crippen molar-refractivity contribution in [3.8, 4) is 5.75 Å². The van der Waals surface area contributed by atoms with Gasteiger partial charge in [0.15, 0.2) is 0 Å². The molecule has 3 rings (SSSR count). The third-order valence-electron chi connectivity index (χ3n) is 4.15. The van der Waals surface area contributed by atoms with Crippen LogP contribution in [0.15, 0.2) is 47.4 Å². The van der Waals surface area contributed by atoms with Crippen LogP contribution >= 0.6 is 0 Å². The van der Waals surface area contributed by atoms with Crippen molar-refractivity contribution < 1.29 is 30.8 Å². The van der Waals surface area contributed by atoms with Crippen molar-refractivity contribution in [3.63, 3.8) is 0 Å². The Morgan fingerprint density at radius 2 is 1.89 bits per heavy atom. The Labute approximate surface area is 162 Å². The Morgan fingerprint density at radius 3 is 2.46 bits per heavy atom. The van der Waals surface area contributed by atoms with Gasteiger partial charge in [-0.05, 0) is 30.3 Å². The predicted molar refractivity (Wildman–Crippen MR) is 101 cm³/mol. The summed E-state index contributed by atoms with van der Waals surface area (Å²) in [7, 11) is -7.03. The molecular formula is C17H17FN2O6S2. The molecule has 1 amide bonds. The molecule has 1 heterocycles. The van der Waals surface area contributed by atoms with Crippen LogP contribution in [0, 0.1) is 11.7 Å². The molecular weight excluding hydrogens is 411 g/mol. The largest absolute Gasteiger partial charge is 0.495 e. The van der Waals surface area contributed by atoms with E-state index in [1.54, 1.807) is 0 Å². The van der Waals surface area contributed by atoms with Crippen LogP contribution < -0.4 is 13.8 Å². The summed E-state index contributed by atoms with van der Waals surface area (Å²) in [4.78, 5) is 11.8. The van der Waals surface area contributed by atoms with E-state index in [0.29, 0.717) is 4.31 Å². The first-order chi connectivity index (χ1) is 13.1. The van der Waals surface area contributed by atoms with E-state index in [2.05, 4.69) is 4.72 Å². The highest BCUT2D eigenvalue weighted by atomic mass is 32.2. The smallest absolute Gasteiger partial charge is 0.265 e. The first-order valence-corrected chi connectivity index (χ1v) is 11.2. The molecule has 2 aromatic carbocycles. The number of amides is 1. The molecule has 0 saturated carbocycles. The number of methoxy groups -OCH3 is 1. The van der Waals surface area contributed by atoms with E-state index in [0.717, 1.165) is 12.1 Å². The quantitative estimate of drug-likeness (QED) is 0.780. The molecule has 1 unspecified atom stereocenters. The van der Waals surface area contributed by atoms with Gasteiger partial charge >= 0.3 is 0 Å². The Kier molecular flexibility index (Phi) is 5.06. The zero-order valence-electron chi connectivity index (χ0n) is 14.9. The van der Waals surface area contributed by atoms with Crippen molar-refractivity contribution in [1.82, 2.24) is 0 Å². The van der Waals surface area contributed by atoms with Crippen LogP contribution in [0.3, 0.4) is 0 Å². The van der Waals surface area contributed by atoms with Crippen LogP contribution in [0.1, 0.15) is 6.92 Å². The van der Waals surface area contributed by atoms with Gasteiger partial charge < -0.3 is 4.74 Å². The highest BCUT2D eigenvalue weighted by Crippen LogP contribution is 2.34. The lowest BCUT2D eigenvalue weighted by Gasteiger charge is -2.18. The van der Waals surface area contributed by atoms with Crippen molar-refractivity contribution in [3.05, 3.63) is 48.3 Å². The number of carbonyl (C=O) groups is 1. The number of nitrogens with zero attached hydrogens (tertiary/aromatic N) is 1. The second-order valence-corrected chi connectivity index (χ2v) is 9.72. The van der Waals surface area contributed by atoms with Crippen LogP contribution in [0.2, 0.25) is 0 Å². The highest BCUT2D eigenvalue weighted by molar-refractivity contribution is 7.94. The molecule has 0 aliphatic carbocycles. The van der Waals surface area contributed by atoms with Crippen molar-refractivity contribution in [2.75, 3.05) is 21.9 Å². The molecule has 1 saturated heterocycles. The number of rotatable bonds is 5. The van der Waals surface area contributed by atoms with Gasteiger partial charge in [-0.1, -0.05) is 19.1 Å². The molecule has 1 N–H and O–H groups in total. The summed E-state index contributed by atoms with van der Waals surface area (Å²) < 4.78 is 71.8. The molecule has 2 aromatic rings. The zero-order chi connectivity index (χ0) is 20.7. The zero-order valence-corrected chi connectivity index (χ0v) is 16.6. The predicted octanol–water partition coefficient (Wildman–Crippen LogP) is 1.95. The SMILES string of the molecule is COc1ccc(N2C(=O)C(C)CS2(=O)=O)cc1S(=O)(=O)Nc1ccccc1F. The van der Waals surface area contributed by atoms with Gasteiger partial charge in [-0.2, -0.15) is 0 Å². The summed E-state index contributed by atoms with van der Waals surface area (Å²) in [6.45, 7) is 1.47. The molecule has 1 aliphatic heterocycles. The third-order valence-corrected chi connectivity index (χ3v) is 7.40. The van der Waals surface area contributed by atoms with Crippen LogP contribution in [0.5, 0.6) is 5.75 Å². The van der Waals surface area contributed by atoms with Crippen molar-refractivity contribution in [2.45, 2.75) is 11.8 Å². The normalized spacial score (nSPS) is 18.9. The van der Waals surface area contributed by atoms with E-state index in [1.165, 1.54) is 44.4 Å². The fraction of sp³-hybridized carbons (Fsp3) is 0.235. The number of sulfonamides is 2. The Bertz CT molecular complexity index is 1150. The number of carbonyl (C=O) groups excluding carboxylic acids is 1. The number of hydrogen-bond donors (Lipinski definition) is 1. The summed E-state index contributed by atoms with van der Waals surface area (Å²) in [5.74, 6) is -2.65. The number of ether oxygens (including phenoxy) is 1. The Hall–Kier alpha value is -2.66. The minimum absolute atomic E-state index is 0.0929. The molecule has 11 heteroatoms. The lowest BCUT2D eigenvalue weighted by Crippen LogP contribution is -2.30. The van der Waals surface area contributed by atoms with E-state index >= 15 is 0 Å². The molecule has 1 fully saturated rings. The maximum Gasteiger partial charge on any atom is 0.265 e. The molecule has 1 aliphatic rings. The second-order valence-electron chi connectivity index (χ2n) is 6.20. The van der Waals surface area contributed by atoms with Crippen molar-refractivity contribution in [2.24, 2.45) is 5.92 Å². The summed E-state index contributed by atoms with van der Waals surface area (Å²) in [5.41, 5.74) is -0.419. The van der Waals surface area contributed by atoms with E-state index in [4.69, 9.17) is 4.74 Å². The number of anilines is 2. The molecule has 0 aromatic heterocycles. The topological polar surface area (TPSA) is 110 Å². The summed E-state index contributed by atoms with van der Waals surface area (Å²) in [5, 5.41) is 0. The fourth-order valence-electron chi connectivity index (χ4n) is 2.83. The summed E-state index contributed by atoms with van der Waals surface area (Å²) >= 11 is 0. The number of halogens is 1. The van der Waals surface area contributed by atoms with E-state index in [1.807, 2.05) is 0 Å². The third kappa shape index (κ3) is 3.54. The average Bonchev–Trinajstić information content (AvgIpc) is 2.83. The van der Waals surface area contributed by atoms with Gasteiger partial charge in [-0.3, -0.25) is 9.52 Å². The number of nitrogens with one attached hydrogen (secondary N) is 1. The lowest BCUT2D eigenvalue weighted by molar-refractivity contribution is -0.119. The van der Waals surface area contributed by atoms with E-state index in [-0.39, 0.29) is 22.9 Å². The van der Waals surface area contributed by atoms with E-state index in [9.17, 15) is 26.0 Å². The van der Waals surface area contributed by atoms with Gasteiger partial charge in [0.1, 0.15) is 16.5 Å². The fourth-order valence-corrected chi connectivity index (χ4v) is 5.90. The average molecular weight is 428 g/mol. The van der Waals surface area contributed by atoms with Gasteiger partial charge in [0.05, 0.1) is 30.2 Å². The van der Waals surface area contributed by atoms with Gasteiger partial charge in [0.25, 0.3) is 10.0 Å². The Balaban J connectivity index is 2.10. The second kappa shape index (κ2) is 7.06.